The SMILES string of the molecule is [2H]c1c([2H])c([2H])c(-c2cccc(-c3nc(Cl)nc(-c4cccc(-c5c([2H])c([2H])c([2H])c([2H])c5[2H])c4)n3)c2)c([2H])c1[2H]. The van der Waals surface area contributed by atoms with Gasteiger partial charge in [-0.2, -0.15) is 9.97 Å². The molecule has 0 spiro atoms. The van der Waals surface area contributed by atoms with Crippen LogP contribution in [0.25, 0.3) is 45.0 Å². The number of hydrogen-bond donors (Lipinski definition) is 0. The van der Waals surface area contributed by atoms with Gasteiger partial charge in [-0.1, -0.05) is 96.8 Å². The van der Waals surface area contributed by atoms with Crippen molar-refractivity contribution in [1.29, 1.82) is 0 Å². The van der Waals surface area contributed by atoms with Gasteiger partial charge in [-0.15, -0.1) is 0 Å². The molecule has 31 heavy (non-hydrogen) atoms. The van der Waals surface area contributed by atoms with Crippen LogP contribution in [-0.4, -0.2) is 15.0 Å². The van der Waals surface area contributed by atoms with E-state index in [2.05, 4.69) is 15.0 Å². The summed E-state index contributed by atoms with van der Waals surface area (Å²) in [6, 6.07) is 8.92. The molecular formula is C27H18ClN3. The van der Waals surface area contributed by atoms with Crippen LogP contribution in [0.2, 0.25) is 5.28 Å². The van der Waals surface area contributed by atoms with E-state index in [-0.39, 0.29) is 52.2 Å². The van der Waals surface area contributed by atoms with Crippen LogP contribution in [0.4, 0.5) is 0 Å². The van der Waals surface area contributed by atoms with Crippen LogP contribution in [0.15, 0.2) is 109 Å². The molecular weight excluding hydrogens is 402 g/mol. The zero-order chi connectivity index (χ0) is 29.7. The van der Waals surface area contributed by atoms with Crippen molar-refractivity contribution in [3.63, 3.8) is 0 Å². The van der Waals surface area contributed by atoms with Gasteiger partial charge in [0.05, 0.1) is 13.7 Å². The van der Waals surface area contributed by atoms with Crippen molar-refractivity contribution in [3.05, 3.63) is 114 Å². The molecule has 148 valence electrons. The van der Waals surface area contributed by atoms with Gasteiger partial charge >= 0.3 is 0 Å². The summed E-state index contributed by atoms with van der Waals surface area (Å²) in [5, 5.41) is -0.133. The molecule has 0 aliphatic heterocycles. The molecule has 0 saturated heterocycles. The second-order valence-electron chi connectivity index (χ2n) is 6.41. The molecule has 0 bridgehead atoms. The maximum absolute atomic E-state index is 8.29. The van der Waals surface area contributed by atoms with Crippen molar-refractivity contribution >= 4 is 11.6 Å². The smallest absolute Gasteiger partial charge is 0.208 e. The number of rotatable bonds is 4. The molecule has 0 amide bonds. The fourth-order valence-corrected chi connectivity index (χ4v) is 3.18. The number of aromatic nitrogens is 3. The second kappa shape index (κ2) is 8.50. The molecule has 0 fully saturated rings. The first-order valence-electron chi connectivity index (χ1n) is 14.2. The Morgan fingerprint density at radius 3 is 1.39 bits per heavy atom. The molecule has 0 N–H and O–H groups in total. The highest BCUT2D eigenvalue weighted by Gasteiger charge is 2.11. The summed E-state index contributed by atoms with van der Waals surface area (Å²) in [5.41, 5.74) is 1.68. The molecule has 0 aliphatic rings. The Morgan fingerprint density at radius 2 is 0.935 bits per heavy atom. The van der Waals surface area contributed by atoms with Crippen LogP contribution in [0.3, 0.4) is 0 Å². The molecule has 1 heterocycles. The van der Waals surface area contributed by atoms with Crippen molar-refractivity contribution < 1.29 is 13.7 Å². The van der Waals surface area contributed by atoms with E-state index in [0.717, 1.165) is 0 Å². The Labute approximate surface area is 200 Å². The van der Waals surface area contributed by atoms with Crippen LogP contribution >= 0.6 is 11.6 Å². The Kier molecular flexibility index (Phi) is 3.01. The lowest BCUT2D eigenvalue weighted by atomic mass is 10.0. The van der Waals surface area contributed by atoms with E-state index >= 15 is 0 Å². The molecule has 0 unspecified atom stereocenters. The van der Waals surface area contributed by atoms with Gasteiger partial charge < -0.3 is 0 Å². The third-order valence-electron chi connectivity index (χ3n) is 4.43. The highest BCUT2D eigenvalue weighted by Crippen LogP contribution is 2.28. The van der Waals surface area contributed by atoms with Crippen molar-refractivity contribution in [2.24, 2.45) is 0 Å². The van der Waals surface area contributed by atoms with Crippen LogP contribution in [0.1, 0.15) is 13.7 Å². The van der Waals surface area contributed by atoms with Crippen LogP contribution in [0.5, 0.6) is 0 Å². The summed E-state index contributed by atoms with van der Waals surface area (Å²) in [6.07, 6.45) is 0. The normalized spacial score (nSPS) is 15.3. The molecule has 5 aromatic rings. The quantitative estimate of drug-likeness (QED) is 0.303. The lowest BCUT2D eigenvalue weighted by molar-refractivity contribution is 1.07. The average Bonchev–Trinajstić information content (AvgIpc) is 2.97. The first-order valence-corrected chi connectivity index (χ1v) is 9.55. The minimum absolute atomic E-state index is 0.0320. The van der Waals surface area contributed by atoms with Gasteiger partial charge in [0.25, 0.3) is 0 Å². The van der Waals surface area contributed by atoms with Crippen LogP contribution in [0, 0.1) is 0 Å². The fraction of sp³-hybridized carbons (Fsp3) is 0. The summed E-state index contributed by atoms with van der Waals surface area (Å²) >= 11 is 6.26. The Balaban J connectivity index is 1.62. The van der Waals surface area contributed by atoms with Gasteiger partial charge in [0.15, 0.2) is 11.6 Å². The van der Waals surface area contributed by atoms with E-state index in [0.29, 0.717) is 22.3 Å². The maximum Gasteiger partial charge on any atom is 0.226 e. The number of hydrogen-bond acceptors (Lipinski definition) is 3. The number of nitrogens with zero attached hydrogens (tertiary/aromatic N) is 3. The first-order chi connectivity index (χ1) is 19.4. The topological polar surface area (TPSA) is 38.7 Å². The van der Waals surface area contributed by atoms with Crippen LogP contribution < -0.4 is 0 Å². The summed E-state index contributed by atoms with van der Waals surface area (Å²) in [7, 11) is 0. The maximum atomic E-state index is 8.29. The predicted molar refractivity (Wildman–Crippen MR) is 127 cm³/mol. The van der Waals surface area contributed by atoms with Gasteiger partial charge in [-0.3, -0.25) is 0 Å². The number of halogens is 1. The third kappa shape index (κ3) is 4.23. The highest BCUT2D eigenvalue weighted by molar-refractivity contribution is 6.28. The minimum Gasteiger partial charge on any atom is -0.208 e. The Hall–Kier alpha value is -3.82. The monoisotopic (exact) mass is 429 g/mol. The van der Waals surface area contributed by atoms with Crippen molar-refractivity contribution in [3.8, 4) is 45.0 Å². The van der Waals surface area contributed by atoms with E-state index in [4.69, 9.17) is 25.3 Å². The standard InChI is InChI=1S/C27H18ClN3/c28-27-30-25(23-15-7-13-21(17-23)19-9-3-1-4-10-19)29-26(31-27)24-16-8-14-22(18-24)20-11-5-2-6-12-20/h1-18H/i1D,2D,3D,4D,5D,6D,9D,10D,11D,12D. The van der Waals surface area contributed by atoms with Gasteiger partial charge in [-0.25, -0.2) is 4.98 Å². The van der Waals surface area contributed by atoms with E-state index in [1.165, 1.54) is 0 Å². The average molecular weight is 430 g/mol. The number of benzene rings is 4. The molecule has 1 aromatic heterocycles. The summed E-state index contributed by atoms with van der Waals surface area (Å²) in [4.78, 5) is 13.0. The van der Waals surface area contributed by atoms with Crippen molar-refractivity contribution in [2.75, 3.05) is 0 Å². The van der Waals surface area contributed by atoms with E-state index in [1.807, 2.05) is 0 Å². The third-order valence-corrected chi connectivity index (χ3v) is 4.60. The Morgan fingerprint density at radius 1 is 0.516 bits per heavy atom. The fourth-order valence-electron chi connectivity index (χ4n) is 3.02. The minimum atomic E-state index is -0.486. The largest absolute Gasteiger partial charge is 0.226 e. The molecule has 4 aromatic carbocycles. The van der Waals surface area contributed by atoms with E-state index in [9.17, 15) is 0 Å². The Bertz CT molecular complexity index is 1690. The zero-order valence-corrected chi connectivity index (χ0v) is 16.6. The van der Waals surface area contributed by atoms with Gasteiger partial charge in [-0.05, 0) is 46.0 Å². The van der Waals surface area contributed by atoms with Crippen molar-refractivity contribution in [2.45, 2.75) is 0 Å². The molecule has 3 nitrogen and oxygen atoms in total. The van der Waals surface area contributed by atoms with E-state index < -0.39 is 36.3 Å². The van der Waals surface area contributed by atoms with Gasteiger partial charge in [0.2, 0.25) is 5.28 Å². The van der Waals surface area contributed by atoms with Gasteiger partial charge in [0, 0.05) is 11.1 Å². The molecule has 5 rings (SSSR count). The molecule has 0 radical (unpaired) electrons. The summed E-state index contributed by atoms with van der Waals surface area (Å²) < 4.78 is 80.8. The lowest BCUT2D eigenvalue weighted by Crippen LogP contribution is -1.97. The predicted octanol–water partition coefficient (Wildman–Crippen LogP) is 7.19. The summed E-state index contributed by atoms with van der Waals surface area (Å²) in [5.74, 6) is 0.310. The molecule has 0 aliphatic carbocycles. The first kappa shape index (κ1) is 11.0. The zero-order valence-electron chi connectivity index (χ0n) is 25.8. The highest BCUT2D eigenvalue weighted by atomic mass is 35.5. The van der Waals surface area contributed by atoms with Crippen molar-refractivity contribution in [1.82, 2.24) is 15.0 Å². The van der Waals surface area contributed by atoms with E-state index in [1.54, 1.807) is 48.5 Å². The second-order valence-corrected chi connectivity index (χ2v) is 6.75. The summed E-state index contributed by atoms with van der Waals surface area (Å²) in [6.45, 7) is 0. The molecule has 4 heteroatoms. The van der Waals surface area contributed by atoms with Crippen LogP contribution in [-0.2, 0) is 0 Å². The molecule has 0 atom stereocenters. The van der Waals surface area contributed by atoms with Gasteiger partial charge in [0.1, 0.15) is 0 Å². The molecule has 0 saturated carbocycles. The lowest BCUT2D eigenvalue weighted by Gasteiger charge is -2.08.